The van der Waals surface area contributed by atoms with E-state index in [0.717, 1.165) is 31.4 Å². The third-order valence-electron chi connectivity index (χ3n) is 5.67. The van der Waals surface area contributed by atoms with Crippen LogP contribution in [0.3, 0.4) is 0 Å². The van der Waals surface area contributed by atoms with Crippen molar-refractivity contribution in [2.45, 2.75) is 52.0 Å². The highest BCUT2D eigenvalue weighted by Gasteiger charge is 2.28. The molecule has 3 heteroatoms. The van der Waals surface area contributed by atoms with E-state index < -0.39 is 0 Å². The summed E-state index contributed by atoms with van der Waals surface area (Å²) in [5, 5.41) is 3.22. The molecule has 0 spiro atoms. The van der Waals surface area contributed by atoms with Gasteiger partial charge >= 0.3 is 0 Å². The number of amides is 1. The van der Waals surface area contributed by atoms with Crippen molar-refractivity contribution < 1.29 is 9.69 Å². The van der Waals surface area contributed by atoms with Crippen LogP contribution in [0.1, 0.15) is 55.0 Å². The van der Waals surface area contributed by atoms with E-state index in [9.17, 15) is 4.79 Å². The van der Waals surface area contributed by atoms with E-state index in [4.69, 9.17) is 0 Å². The zero-order chi connectivity index (χ0) is 18.5. The molecule has 0 radical (unpaired) electrons. The molecule has 2 aromatic rings. The molecule has 0 bridgehead atoms. The first-order valence-corrected chi connectivity index (χ1v) is 9.94. The molecule has 3 nitrogen and oxygen atoms in total. The largest absolute Gasteiger partial charge is 0.323 e. The molecule has 0 aliphatic heterocycles. The van der Waals surface area contributed by atoms with Gasteiger partial charge in [0.15, 0.2) is 6.54 Å². The minimum Gasteiger partial charge on any atom is -0.323 e. The number of hydrogen-bond donors (Lipinski definition) is 2. The first kappa shape index (κ1) is 18.7. The number of carbonyl (C=O) groups is 1. The van der Waals surface area contributed by atoms with Crippen molar-refractivity contribution in [3.8, 4) is 0 Å². The Hall–Kier alpha value is -2.13. The van der Waals surface area contributed by atoms with E-state index in [-0.39, 0.29) is 5.91 Å². The van der Waals surface area contributed by atoms with E-state index >= 15 is 0 Å². The Morgan fingerprint density at radius 1 is 1.08 bits per heavy atom. The summed E-state index contributed by atoms with van der Waals surface area (Å²) in [7, 11) is 2.15. The topological polar surface area (TPSA) is 33.5 Å². The lowest BCUT2D eigenvalue weighted by molar-refractivity contribution is -0.905. The Bertz CT molecular complexity index is 746. The Balaban J connectivity index is 1.72. The van der Waals surface area contributed by atoms with E-state index in [2.05, 4.69) is 68.7 Å². The van der Waals surface area contributed by atoms with Crippen LogP contribution in [0.2, 0.25) is 0 Å². The van der Waals surface area contributed by atoms with Crippen molar-refractivity contribution in [2.24, 2.45) is 0 Å². The number of anilines is 1. The van der Waals surface area contributed by atoms with Crippen LogP contribution in [0, 0.1) is 0 Å². The summed E-state index contributed by atoms with van der Waals surface area (Å²) in [6.45, 7) is 4.78. The Morgan fingerprint density at radius 3 is 2.46 bits per heavy atom. The van der Waals surface area contributed by atoms with Crippen molar-refractivity contribution in [1.29, 1.82) is 0 Å². The summed E-state index contributed by atoms with van der Waals surface area (Å²) in [6.07, 6.45) is 5.39. The molecule has 26 heavy (non-hydrogen) atoms. The van der Waals surface area contributed by atoms with Gasteiger partial charge in [-0.05, 0) is 42.4 Å². The van der Waals surface area contributed by atoms with Gasteiger partial charge < -0.3 is 10.2 Å². The van der Waals surface area contributed by atoms with Crippen LogP contribution in [0.25, 0.3) is 0 Å². The number of nitrogens with one attached hydrogen (secondary N) is 2. The second-order valence-corrected chi connectivity index (χ2v) is 7.37. The normalized spacial score (nSPS) is 17.4. The van der Waals surface area contributed by atoms with Gasteiger partial charge in [0.25, 0.3) is 5.91 Å². The summed E-state index contributed by atoms with van der Waals surface area (Å²) >= 11 is 0. The van der Waals surface area contributed by atoms with Crippen molar-refractivity contribution in [3.63, 3.8) is 0 Å². The Labute approximate surface area is 157 Å². The third-order valence-corrected chi connectivity index (χ3v) is 5.67. The number of rotatable bonds is 6. The number of carbonyl (C=O) groups excluding carboxylic acids is 1. The summed E-state index contributed by atoms with van der Waals surface area (Å²) in [4.78, 5) is 14.1. The number of aryl methyl sites for hydroxylation is 3. The smallest absolute Gasteiger partial charge is 0.279 e. The monoisotopic (exact) mass is 351 g/mol. The molecule has 0 saturated heterocycles. The number of hydrogen-bond acceptors (Lipinski definition) is 1. The SMILES string of the molecule is CCc1cccc(CC)c1NC(=O)C[NH+](C)[C@@H]1CCCc2ccccc21. The molecule has 138 valence electrons. The predicted octanol–water partition coefficient (Wildman–Crippen LogP) is 3.34. The highest BCUT2D eigenvalue weighted by Crippen LogP contribution is 2.27. The zero-order valence-electron chi connectivity index (χ0n) is 16.3. The average molecular weight is 352 g/mol. The maximum absolute atomic E-state index is 12.8. The number of quaternary nitrogens is 1. The van der Waals surface area contributed by atoms with Crippen LogP contribution < -0.4 is 10.2 Å². The van der Waals surface area contributed by atoms with Gasteiger partial charge in [0, 0.05) is 17.7 Å². The molecule has 0 fully saturated rings. The number of benzene rings is 2. The molecule has 0 aromatic heterocycles. The van der Waals surface area contributed by atoms with Gasteiger partial charge in [-0.25, -0.2) is 0 Å². The summed E-state index contributed by atoms with van der Waals surface area (Å²) in [5.41, 5.74) is 6.34. The van der Waals surface area contributed by atoms with Crippen molar-refractivity contribution in [1.82, 2.24) is 0 Å². The van der Waals surface area contributed by atoms with Crippen molar-refractivity contribution in [3.05, 3.63) is 64.7 Å². The van der Waals surface area contributed by atoms with Crippen molar-refractivity contribution in [2.75, 3.05) is 18.9 Å². The molecule has 3 rings (SSSR count). The minimum absolute atomic E-state index is 0.112. The first-order valence-electron chi connectivity index (χ1n) is 9.94. The highest BCUT2D eigenvalue weighted by atomic mass is 16.2. The maximum atomic E-state index is 12.8. The molecule has 2 atom stereocenters. The fraction of sp³-hybridized carbons (Fsp3) is 0.435. The molecular weight excluding hydrogens is 320 g/mol. The minimum atomic E-state index is 0.112. The lowest BCUT2D eigenvalue weighted by Crippen LogP contribution is -3.10. The Kier molecular flexibility index (Phi) is 6.10. The molecule has 0 heterocycles. The van der Waals surface area contributed by atoms with Crippen LogP contribution in [0.5, 0.6) is 0 Å². The molecule has 1 amide bonds. The number of fused-ring (bicyclic) bond motifs is 1. The van der Waals surface area contributed by atoms with Crippen LogP contribution in [0.4, 0.5) is 5.69 Å². The second-order valence-electron chi connectivity index (χ2n) is 7.37. The molecule has 1 aliphatic carbocycles. The molecule has 2 aromatic carbocycles. The van der Waals surface area contributed by atoms with Gasteiger partial charge in [-0.15, -0.1) is 0 Å². The van der Waals surface area contributed by atoms with Crippen LogP contribution >= 0.6 is 0 Å². The molecule has 1 unspecified atom stereocenters. The summed E-state index contributed by atoms with van der Waals surface area (Å²) in [6, 6.07) is 15.4. The Morgan fingerprint density at radius 2 is 1.77 bits per heavy atom. The van der Waals surface area contributed by atoms with Gasteiger partial charge in [-0.1, -0.05) is 56.3 Å². The predicted molar refractivity (Wildman–Crippen MR) is 108 cm³/mol. The highest BCUT2D eigenvalue weighted by molar-refractivity contribution is 5.93. The molecule has 2 N–H and O–H groups in total. The van der Waals surface area contributed by atoms with E-state index in [1.807, 2.05) is 0 Å². The number of likely N-dealkylation sites (N-methyl/N-ethyl adjacent to an activating group) is 1. The van der Waals surface area contributed by atoms with Crippen LogP contribution in [-0.2, 0) is 24.1 Å². The summed E-state index contributed by atoms with van der Waals surface area (Å²) in [5.74, 6) is 0.112. The van der Waals surface area contributed by atoms with E-state index in [1.165, 1.54) is 33.6 Å². The van der Waals surface area contributed by atoms with Gasteiger partial charge in [-0.3, -0.25) is 4.79 Å². The van der Waals surface area contributed by atoms with Crippen molar-refractivity contribution >= 4 is 11.6 Å². The van der Waals surface area contributed by atoms with Gasteiger partial charge in [0.05, 0.1) is 7.05 Å². The maximum Gasteiger partial charge on any atom is 0.279 e. The average Bonchev–Trinajstić information content (AvgIpc) is 2.67. The lowest BCUT2D eigenvalue weighted by atomic mass is 9.87. The van der Waals surface area contributed by atoms with E-state index in [1.54, 1.807) is 0 Å². The summed E-state index contributed by atoms with van der Waals surface area (Å²) < 4.78 is 0. The standard InChI is InChI=1S/C23H30N2O/c1-4-17-11-8-12-18(5-2)23(17)24-22(26)16-25(3)21-15-9-13-19-10-6-7-14-20(19)21/h6-8,10-12,14,21H,4-5,9,13,15-16H2,1-3H3,(H,24,26)/p+1/t21-/m1/s1. The van der Waals surface area contributed by atoms with Gasteiger partial charge in [0.2, 0.25) is 0 Å². The number of para-hydroxylation sites is 1. The first-order chi connectivity index (χ1) is 12.6. The lowest BCUT2D eigenvalue weighted by Gasteiger charge is -2.30. The molecular formula is C23H31N2O+. The third kappa shape index (κ3) is 3.99. The van der Waals surface area contributed by atoms with Crippen LogP contribution in [0.15, 0.2) is 42.5 Å². The quantitative estimate of drug-likeness (QED) is 0.822. The second kappa shape index (κ2) is 8.50. The molecule has 0 saturated carbocycles. The van der Waals surface area contributed by atoms with Gasteiger partial charge in [0.1, 0.15) is 6.04 Å². The zero-order valence-corrected chi connectivity index (χ0v) is 16.3. The fourth-order valence-electron chi connectivity index (χ4n) is 4.23. The van der Waals surface area contributed by atoms with Crippen LogP contribution in [-0.4, -0.2) is 19.5 Å². The fourth-order valence-corrected chi connectivity index (χ4v) is 4.23. The van der Waals surface area contributed by atoms with E-state index in [0.29, 0.717) is 12.6 Å². The van der Waals surface area contributed by atoms with Gasteiger partial charge in [-0.2, -0.15) is 0 Å². The molecule has 1 aliphatic rings.